The predicted octanol–water partition coefficient (Wildman–Crippen LogP) is 2.54. The number of aromatic nitrogens is 1. The highest BCUT2D eigenvalue weighted by Crippen LogP contribution is 2.25. The molecule has 6 heteroatoms. The normalized spacial score (nSPS) is 15.2. The lowest BCUT2D eigenvalue weighted by Gasteiger charge is -2.21. The molecule has 4 nitrogen and oxygen atoms in total. The van der Waals surface area contributed by atoms with Crippen molar-refractivity contribution in [3.63, 3.8) is 0 Å². The molecule has 0 radical (unpaired) electrons. The van der Waals surface area contributed by atoms with Crippen molar-refractivity contribution >= 4 is 30.0 Å². The third-order valence-corrected chi connectivity index (χ3v) is 2.92. The lowest BCUT2D eigenvalue weighted by Crippen LogP contribution is -2.33. The Balaban J connectivity index is 0.00000289. The Morgan fingerprint density at radius 3 is 2.56 bits per heavy atom. The summed E-state index contributed by atoms with van der Waals surface area (Å²) in [5, 5.41) is 0.573. The molecule has 0 aliphatic rings. The molecule has 18 heavy (non-hydrogen) atoms. The number of esters is 1. The number of nitrogens with two attached hydrogens (primary N) is 1. The molecule has 0 bridgehead atoms. The van der Waals surface area contributed by atoms with Gasteiger partial charge in [-0.2, -0.15) is 0 Å². The van der Waals surface area contributed by atoms with Gasteiger partial charge in [-0.3, -0.25) is 9.78 Å². The molecule has 0 fully saturated rings. The molecule has 0 saturated carbocycles. The Kier molecular flexibility index (Phi) is 7.21. The van der Waals surface area contributed by atoms with E-state index in [2.05, 4.69) is 4.98 Å². The van der Waals surface area contributed by atoms with Gasteiger partial charge in [-0.15, -0.1) is 12.4 Å². The first-order valence-electron chi connectivity index (χ1n) is 5.50. The molecule has 0 amide bonds. The van der Waals surface area contributed by atoms with E-state index in [4.69, 9.17) is 22.1 Å². The van der Waals surface area contributed by atoms with Gasteiger partial charge in [0, 0.05) is 12.1 Å². The molecule has 2 N–H and O–H groups in total. The van der Waals surface area contributed by atoms with Crippen molar-refractivity contribution in [1.82, 2.24) is 4.98 Å². The summed E-state index contributed by atoms with van der Waals surface area (Å²) in [4.78, 5) is 15.6. The average molecular weight is 293 g/mol. The summed E-state index contributed by atoms with van der Waals surface area (Å²) < 4.78 is 5.22. The number of halogens is 2. The summed E-state index contributed by atoms with van der Waals surface area (Å²) in [6.07, 6.45) is 1.35. The summed E-state index contributed by atoms with van der Waals surface area (Å²) in [6.45, 7) is 5.30. The van der Waals surface area contributed by atoms with Crippen molar-refractivity contribution < 1.29 is 9.53 Å². The van der Waals surface area contributed by atoms with Gasteiger partial charge in [0.25, 0.3) is 0 Å². The first-order valence-corrected chi connectivity index (χ1v) is 5.87. The molecule has 1 heterocycles. The minimum atomic E-state index is -0.621. The van der Waals surface area contributed by atoms with Gasteiger partial charge in [0.15, 0.2) is 0 Å². The summed E-state index contributed by atoms with van der Waals surface area (Å²) in [6, 6.07) is 2.90. The summed E-state index contributed by atoms with van der Waals surface area (Å²) in [7, 11) is 0. The molecule has 0 aliphatic carbocycles. The zero-order chi connectivity index (χ0) is 13.0. The zero-order valence-corrected chi connectivity index (χ0v) is 12.2. The Bertz CT molecular complexity index is 399. The highest BCUT2D eigenvalue weighted by molar-refractivity contribution is 6.31. The maximum atomic E-state index is 11.4. The number of ether oxygens (including phenoxy) is 1. The van der Waals surface area contributed by atoms with Crippen LogP contribution in [-0.2, 0) is 9.53 Å². The monoisotopic (exact) mass is 292 g/mol. The van der Waals surface area contributed by atoms with E-state index >= 15 is 0 Å². The fourth-order valence-electron chi connectivity index (χ4n) is 1.35. The third-order valence-electron chi connectivity index (χ3n) is 2.60. The number of rotatable bonds is 4. The van der Waals surface area contributed by atoms with Crippen LogP contribution in [0, 0.1) is 0 Å². The van der Waals surface area contributed by atoms with E-state index in [1.165, 1.54) is 0 Å². The van der Waals surface area contributed by atoms with Crippen LogP contribution in [0.5, 0.6) is 0 Å². The van der Waals surface area contributed by atoms with Crippen molar-refractivity contribution in [2.75, 3.05) is 0 Å². The maximum Gasteiger partial charge on any atom is 0.322 e. The number of carbonyl (C=O) groups is 1. The Hall–Kier alpha value is -0.840. The van der Waals surface area contributed by atoms with Crippen LogP contribution in [0.15, 0.2) is 18.3 Å². The minimum absolute atomic E-state index is 0. The second-order valence-corrected chi connectivity index (χ2v) is 4.50. The fourth-order valence-corrected chi connectivity index (χ4v) is 1.64. The van der Waals surface area contributed by atoms with Gasteiger partial charge >= 0.3 is 5.97 Å². The molecular weight excluding hydrogens is 275 g/mol. The molecule has 1 rings (SSSR count). The zero-order valence-electron chi connectivity index (χ0n) is 10.6. The fraction of sp³-hybridized carbons (Fsp3) is 0.500. The molecule has 102 valence electrons. The first kappa shape index (κ1) is 17.2. The Morgan fingerprint density at radius 1 is 1.44 bits per heavy atom. The molecule has 0 unspecified atom stereocenters. The lowest BCUT2D eigenvalue weighted by molar-refractivity contribution is -0.150. The molecule has 3 atom stereocenters. The quantitative estimate of drug-likeness (QED) is 0.866. The maximum absolute atomic E-state index is 11.4. The van der Waals surface area contributed by atoms with E-state index in [1.807, 2.05) is 6.92 Å². The topological polar surface area (TPSA) is 65.2 Å². The van der Waals surface area contributed by atoms with Crippen LogP contribution in [0.4, 0.5) is 0 Å². The van der Waals surface area contributed by atoms with Crippen LogP contribution >= 0.6 is 24.0 Å². The van der Waals surface area contributed by atoms with Gasteiger partial charge in [0.1, 0.15) is 12.1 Å². The average Bonchev–Trinajstić information content (AvgIpc) is 2.28. The Labute approximate surface area is 118 Å². The van der Waals surface area contributed by atoms with Crippen LogP contribution in [0.3, 0.4) is 0 Å². The molecule has 0 aliphatic heterocycles. The smallest absolute Gasteiger partial charge is 0.322 e. The van der Waals surface area contributed by atoms with Gasteiger partial charge < -0.3 is 10.5 Å². The highest BCUT2D eigenvalue weighted by atomic mass is 35.5. The van der Waals surface area contributed by atoms with E-state index in [9.17, 15) is 4.79 Å². The standard InChI is InChI=1S/C12H17ClN2O2.ClH/c1-7(9(3)17-12(16)8(2)14)11-10(13)5-4-6-15-11;/h4-9H,14H2,1-3H3;1H/t7-,8+,9+;/m1./s1. The van der Waals surface area contributed by atoms with E-state index in [0.717, 1.165) is 5.69 Å². The number of pyridine rings is 1. The second kappa shape index (κ2) is 7.56. The number of hydrogen-bond donors (Lipinski definition) is 1. The van der Waals surface area contributed by atoms with Crippen molar-refractivity contribution in [2.45, 2.75) is 38.8 Å². The van der Waals surface area contributed by atoms with Gasteiger partial charge in [-0.1, -0.05) is 18.5 Å². The van der Waals surface area contributed by atoms with E-state index in [0.29, 0.717) is 5.02 Å². The highest BCUT2D eigenvalue weighted by Gasteiger charge is 2.22. The summed E-state index contributed by atoms with van der Waals surface area (Å²) in [5.41, 5.74) is 6.16. The summed E-state index contributed by atoms with van der Waals surface area (Å²) >= 11 is 6.03. The van der Waals surface area contributed by atoms with Crippen molar-refractivity contribution in [2.24, 2.45) is 5.73 Å². The van der Waals surface area contributed by atoms with Gasteiger partial charge in [-0.05, 0) is 26.0 Å². The van der Waals surface area contributed by atoms with Crippen LogP contribution in [0.2, 0.25) is 5.02 Å². The van der Waals surface area contributed by atoms with E-state index < -0.39 is 12.0 Å². The van der Waals surface area contributed by atoms with Crippen molar-refractivity contribution in [3.8, 4) is 0 Å². The molecule has 0 aromatic carbocycles. The molecule has 0 spiro atoms. The SMILES string of the molecule is C[C@H](N)C(=O)O[C@@H](C)[C@@H](C)c1ncccc1Cl.Cl. The van der Waals surface area contributed by atoms with Crippen LogP contribution in [0.1, 0.15) is 32.4 Å². The van der Waals surface area contributed by atoms with Gasteiger partial charge in [0.05, 0.1) is 10.7 Å². The Morgan fingerprint density at radius 2 is 2.06 bits per heavy atom. The summed E-state index contributed by atoms with van der Waals surface area (Å²) in [5.74, 6) is -0.497. The first-order chi connectivity index (χ1) is 7.93. The minimum Gasteiger partial charge on any atom is -0.461 e. The van der Waals surface area contributed by atoms with Crippen LogP contribution in [-0.4, -0.2) is 23.1 Å². The van der Waals surface area contributed by atoms with Gasteiger partial charge in [-0.25, -0.2) is 0 Å². The van der Waals surface area contributed by atoms with Gasteiger partial charge in [0.2, 0.25) is 0 Å². The number of carbonyl (C=O) groups excluding carboxylic acids is 1. The van der Waals surface area contributed by atoms with Crippen molar-refractivity contribution in [1.29, 1.82) is 0 Å². The number of nitrogens with zero attached hydrogens (tertiary/aromatic N) is 1. The molecule has 0 saturated heterocycles. The molecule has 1 aromatic heterocycles. The number of hydrogen-bond acceptors (Lipinski definition) is 4. The second-order valence-electron chi connectivity index (χ2n) is 4.09. The third kappa shape index (κ3) is 4.44. The van der Waals surface area contributed by atoms with Crippen LogP contribution < -0.4 is 5.73 Å². The predicted molar refractivity (Wildman–Crippen MR) is 74.1 cm³/mol. The largest absolute Gasteiger partial charge is 0.461 e. The van der Waals surface area contributed by atoms with E-state index in [1.54, 1.807) is 32.2 Å². The lowest BCUT2D eigenvalue weighted by atomic mass is 10.0. The van der Waals surface area contributed by atoms with Crippen molar-refractivity contribution in [3.05, 3.63) is 29.0 Å². The molecular formula is C12H18Cl2N2O2. The van der Waals surface area contributed by atoms with E-state index in [-0.39, 0.29) is 24.4 Å². The molecule has 1 aromatic rings. The van der Waals surface area contributed by atoms with Crippen LogP contribution in [0.25, 0.3) is 0 Å².